The highest BCUT2D eigenvalue weighted by atomic mass is 16.3. The van der Waals surface area contributed by atoms with Gasteiger partial charge in [-0.15, -0.1) is 0 Å². The van der Waals surface area contributed by atoms with E-state index in [1.807, 2.05) is 0 Å². The molecule has 0 aliphatic carbocycles. The van der Waals surface area contributed by atoms with Gasteiger partial charge in [-0.05, 0) is 6.42 Å². The fourth-order valence-electron chi connectivity index (χ4n) is 0.350. The summed E-state index contributed by atoms with van der Waals surface area (Å²) in [5.41, 5.74) is 0. The highest BCUT2D eigenvalue weighted by Gasteiger charge is 2.02. The molecule has 9 heavy (non-hydrogen) atoms. The van der Waals surface area contributed by atoms with Crippen molar-refractivity contribution in [2.75, 3.05) is 0 Å². The molecule has 1 unspecified atom stereocenters. The van der Waals surface area contributed by atoms with Gasteiger partial charge in [-0.2, -0.15) is 0 Å². The van der Waals surface area contributed by atoms with E-state index in [2.05, 4.69) is 5.32 Å². The third kappa shape index (κ3) is 3.97. The highest BCUT2D eigenvalue weighted by Crippen LogP contribution is 1.84. The normalized spacial score (nSPS) is 12.8. The first-order valence-electron chi connectivity index (χ1n) is 2.98. The predicted molar refractivity (Wildman–Crippen MR) is 34.4 cm³/mol. The average Bonchev–Trinajstić information content (AvgIpc) is 1.87. The van der Waals surface area contributed by atoms with E-state index in [0.717, 1.165) is 0 Å². The van der Waals surface area contributed by atoms with Gasteiger partial charge in [0.2, 0.25) is 5.91 Å². The van der Waals surface area contributed by atoms with Crippen molar-refractivity contribution in [3.63, 3.8) is 0 Å². The Hall–Kier alpha value is -0.570. The van der Waals surface area contributed by atoms with Crippen molar-refractivity contribution in [2.45, 2.75) is 26.5 Å². The topological polar surface area (TPSA) is 49.3 Å². The van der Waals surface area contributed by atoms with Crippen LogP contribution in [0.1, 0.15) is 20.3 Å². The highest BCUT2D eigenvalue weighted by molar-refractivity contribution is 5.84. The summed E-state index contributed by atoms with van der Waals surface area (Å²) in [6.07, 6.45) is 1.21. The molecular weight excluding hydrogens is 118 g/mol. The van der Waals surface area contributed by atoms with Gasteiger partial charge >= 0.3 is 0 Å². The Bertz CT molecular complexity index is 93.1. The molecule has 0 aromatic rings. The molecule has 3 heteroatoms. The molecule has 53 valence electrons. The van der Waals surface area contributed by atoms with E-state index in [0.29, 0.717) is 6.42 Å². The van der Waals surface area contributed by atoms with Crippen LogP contribution in [0.5, 0.6) is 0 Å². The summed E-state index contributed by atoms with van der Waals surface area (Å²) >= 11 is 0. The Morgan fingerprint density at radius 3 is 2.78 bits per heavy atom. The van der Waals surface area contributed by atoms with E-state index in [1.54, 1.807) is 13.8 Å². The smallest absolute Gasteiger partial charge is 0.225 e. The number of carbonyl (C=O) groups excluding carboxylic acids is 1. The van der Waals surface area contributed by atoms with Crippen molar-refractivity contribution < 1.29 is 9.90 Å². The van der Waals surface area contributed by atoms with Gasteiger partial charge in [0.05, 0.1) is 0 Å². The Morgan fingerprint density at radius 1 is 1.89 bits per heavy atom. The maximum Gasteiger partial charge on any atom is 0.225 e. The summed E-state index contributed by atoms with van der Waals surface area (Å²) in [7, 11) is 0. The summed E-state index contributed by atoms with van der Waals surface area (Å²) in [6.45, 7) is 3.42. The molecule has 0 spiro atoms. The van der Waals surface area contributed by atoms with E-state index in [9.17, 15) is 4.79 Å². The average molecular weight is 130 g/mol. The molecule has 0 saturated carbocycles. The van der Waals surface area contributed by atoms with E-state index in [-0.39, 0.29) is 5.91 Å². The van der Waals surface area contributed by atoms with Gasteiger partial charge in [0.15, 0.2) is 0 Å². The molecular formula is C6H12NO2. The minimum absolute atomic E-state index is 0.232. The largest absolute Gasteiger partial charge is 0.374 e. The molecule has 0 aromatic carbocycles. The van der Waals surface area contributed by atoms with Crippen LogP contribution in [0, 0.1) is 6.42 Å². The van der Waals surface area contributed by atoms with Crippen LogP contribution in [0.3, 0.4) is 0 Å². The van der Waals surface area contributed by atoms with Gasteiger partial charge in [0.25, 0.3) is 0 Å². The molecule has 1 atom stereocenters. The van der Waals surface area contributed by atoms with Crippen molar-refractivity contribution in [2.24, 2.45) is 0 Å². The summed E-state index contributed by atoms with van der Waals surface area (Å²) in [6, 6.07) is 0. The van der Waals surface area contributed by atoms with Crippen molar-refractivity contribution in [3.8, 4) is 0 Å². The molecule has 1 radical (unpaired) electrons. The fourth-order valence-corrected chi connectivity index (χ4v) is 0.350. The lowest BCUT2D eigenvalue weighted by molar-refractivity contribution is -0.120. The third-order valence-electron chi connectivity index (χ3n) is 0.958. The summed E-state index contributed by atoms with van der Waals surface area (Å²) < 4.78 is 0. The van der Waals surface area contributed by atoms with E-state index >= 15 is 0 Å². The standard InChI is InChI=1S/C6H12NO2/c1-3-5(8)7-6(9)4-2/h3,6,9H,4H2,1-2H3,(H,7,8). The number of aliphatic hydroxyl groups is 1. The summed E-state index contributed by atoms with van der Waals surface area (Å²) in [5.74, 6) is -0.232. The fraction of sp³-hybridized carbons (Fsp3) is 0.667. The first-order valence-corrected chi connectivity index (χ1v) is 2.98. The van der Waals surface area contributed by atoms with Crippen LogP contribution in [-0.4, -0.2) is 17.2 Å². The van der Waals surface area contributed by atoms with Crippen molar-refractivity contribution in [3.05, 3.63) is 6.42 Å². The quantitative estimate of drug-likeness (QED) is 0.530. The Labute approximate surface area is 55.1 Å². The number of hydrogen-bond donors (Lipinski definition) is 2. The van der Waals surface area contributed by atoms with Gasteiger partial charge in [-0.3, -0.25) is 4.79 Å². The molecule has 2 N–H and O–H groups in total. The maximum absolute atomic E-state index is 10.5. The minimum atomic E-state index is -0.700. The Morgan fingerprint density at radius 2 is 2.44 bits per heavy atom. The number of rotatable bonds is 3. The minimum Gasteiger partial charge on any atom is -0.374 e. The van der Waals surface area contributed by atoms with Crippen molar-refractivity contribution >= 4 is 5.91 Å². The number of carbonyl (C=O) groups is 1. The van der Waals surface area contributed by atoms with Crippen LogP contribution in [-0.2, 0) is 4.79 Å². The van der Waals surface area contributed by atoms with Gasteiger partial charge in [0, 0.05) is 6.42 Å². The van der Waals surface area contributed by atoms with E-state index < -0.39 is 6.23 Å². The molecule has 0 aliphatic heterocycles. The second-order valence-corrected chi connectivity index (χ2v) is 1.72. The van der Waals surface area contributed by atoms with Gasteiger partial charge in [-0.25, -0.2) is 0 Å². The summed E-state index contributed by atoms with van der Waals surface area (Å²) in [5, 5.41) is 11.1. The van der Waals surface area contributed by atoms with Gasteiger partial charge in [0.1, 0.15) is 6.23 Å². The Balaban J connectivity index is 3.34. The molecule has 0 aliphatic rings. The Kier molecular flexibility index (Phi) is 4.05. The van der Waals surface area contributed by atoms with Crippen molar-refractivity contribution in [1.82, 2.24) is 5.32 Å². The van der Waals surface area contributed by atoms with Crippen molar-refractivity contribution in [1.29, 1.82) is 0 Å². The molecule has 0 bridgehead atoms. The van der Waals surface area contributed by atoms with E-state index in [1.165, 1.54) is 6.42 Å². The van der Waals surface area contributed by atoms with Crippen LogP contribution < -0.4 is 5.32 Å². The first kappa shape index (κ1) is 8.43. The second kappa shape index (κ2) is 4.32. The molecule has 0 saturated heterocycles. The van der Waals surface area contributed by atoms with Gasteiger partial charge < -0.3 is 10.4 Å². The zero-order chi connectivity index (χ0) is 7.28. The molecule has 3 nitrogen and oxygen atoms in total. The lowest BCUT2D eigenvalue weighted by Crippen LogP contribution is -2.33. The number of nitrogens with one attached hydrogen (secondary N) is 1. The third-order valence-corrected chi connectivity index (χ3v) is 0.958. The molecule has 0 rings (SSSR count). The van der Waals surface area contributed by atoms with Crippen LogP contribution in [0.25, 0.3) is 0 Å². The SMILES string of the molecule is C[CH]C(=O)NC(O)CC. The first-order chi connectivity index (χ1) is 4.20. The van der Waals surface area contributed by atoms with Crippen LogP contribution >= 0.6 is 0 Å². The van der Waals surface area contributed by atoms with Gasteiger partial charge in [-0.1, -0.05) is 13.8 Å². The zero-order valence-electron chi connectivity index (χ0n) is 5.72. The van der Waals surface area contributed by atoms with Crippen LogP contribution in [0.2, 0.25) is 0 Å². The number of hydrogen-bond acceptors (Lipinski definition) is 2. The lowest BCUT2D eigenvalue weighted by Gasteiger charge is -2.07. The predicted octanol–water partition coefficient (Wildman–Crippen LogP) is 0.0552. The molecule has 0 aromatic heterocycles. The zero-order valence-corrected chi connectivity index (χ0v) is 5.72. The summed E-state index contributed by atoms with van der Waals surface area (Å²) in [4.78, 5) is 10.5. The number of aliphatic hydroxyl groups excluding tert-OH is 1. The maximum atomic E-state index is 10.5. The van der Waals surface area contributed by atoms with Crippen LogP contribution in [0.15, 0.2) is 0 Å². The number of amides is 1. The molecule has 1 amide bonds. The van der Waals surface area contributed by atoms with E-state index in [4.69, 9.17) is 5.11 Å². The lowest BCUT2D eigenvalue weighted by atomic mass is 10.4. The molecule has 0 heterocycles. The monoisotopic (exact) mass is 130 g/mol. The second-order valence-electron chi connectivity index (χ2n) is 1.72. The van der Waals surface area contributed by atoms with Crippen LogP contribution in [0.4, 0.5) is 0 Å². The molecule has 0 fully saturated rings.